The van der Waals surface area contributed by atoms with Gasteiger partial charge in [-0.15, -0.1) is 0 Å². The predicted octanol–water partition coefficient (Wildman–Crippen LogP) is 2.28. The van der Waals surface area contributed by atoms with Crippen molar-refractivity contribution in [3.63, 3.8) is 0 Å². The van der Waals surface area contributed by atoms with Gasteiger partial charge >= 0.3 is 0 Å². The zero-order valence-corrected chi connectivity index (χ0v) is 10.1. The summed E-state index contributed by atoms with van der Waals surface area (Å²) < 4.78 is 0. The third-order valence-electron chi connectivity index (χ3n) is 3.43. The molecule has 2 N–H and O–H groups in total. The molecule has 0 aliphatic heterocycles. The first kappa shape index (κ1) is 11.6. The normalized spacial score (nSPS) is 25.4. The summed E-state index contributed by atoms with van der Waals surface area (Å²) in [5.74, 6) is 0.659. The lowest BCUT2D eigenvalue weighted by molar-refractivity contribution is 0.181. The number of hydrogen-bond acceptors (Lipinski definition) is 2. The van der Waals surface area contributed by atoms with E-state index in [2.05, 4.69) is 36.5 Å². The average Bonchev–Trinajstić information content (AvgIpc) is 2.55. The third kappa shape index (κ3) is 2.45. The van der Waals surface area contributed by atoms with E-state index in [-0.39, 0.29) is 6.10 Å². The molecule has 2 rings (SSSR count). The van der Waals surface area contributed by atoms with E-state index >= 15 is 0 Å². The van der Waals surface area contributed by atoms with E-state index in [1.165, 1.54) is 17.5 Å². The summed E-state index contributed by atoms with van der Waals surface area (Å²) in [6, 6.07) is 9.14. The Labute approximate surface area is 97.7 Å². The molecule has 0 fully saturated rings. The largest absolute Gasteiger partial charge is 0.393 e. The van der Waals surface area contributed by atoms with Gasteiger partial charge in [0.15, 0.2) is 0 Å². The van der Waals surface area contributed by atoms with Crippen LogP contribution in [0.3, 0.4) is 0 Å². The molecule has 2 nitrogen and oxygen atoms in total. The molecule has 0 saturated carbocycles. The van der Waals surface area contributed by atoms with E-state index < -0.39 is 0 Å². The lowest BCUT2D eigenvalue weighted by Gasteiger charge is -2.19. The highest BCUT2D eigenvalue weighted by molar-refractivity contribution is 5.35. The summed E-state index contributed by atoms with van der Waals surface area (Å²) in [5.41, 5.74) is 2.92. The monoisotopic (exact) mass is 219 g/mol. The van der Waals surface area contributed by atoms with Crippen molar-refractivity contribution in [1.29, 1.82) is 0 Å². The van der Waals surface area contributed by atoms with Crippen molar-refractivity contribution >= 4 is 0 Å². The van der Waals surface area contributed by atoms with Crippen LogP contribution >= 0.6 is 0 Å². The highest BCUT2D eigenvalue weighted by Gasteiger charge is 2.28. The Balaban J connectivity index is 1.99. The standard InChI is InChI=1S/C14H21NO/c1-10-9-12-5-3-4-6-13(12)14(10)15-8-7-11(2)16/h3-6,10-11,14-16H,7-9H2,1-2H3. The molecule has 0 amide bonds. The molecule has 1 aliphatic carbocycles. The molecule has 0 saturated heterocycles. The number of rotatable bonds is 4. The predicted molar refractivity (Wildman–Crippen MR) is 66.4 cm³/mol. The summed E-state index contributed by atoms with van der Waals surface area (Å²) in [5, 5.41) is 12.8. The second kappa shape index (κ2) is 4.98. The van der Waals surface area contributed by atoms with E-state index in [4.69, 9.17) is 0 Å². The van der Waals surface area contributed by atoms with E-state index in [1.807, 2.05) is 6.92 Å². The van der Waals surface area contributed by atoms with Gasteiger partial charge in [0.1, 0.15) is 0 Å². The molecule has 2 heteroatoms. The maximum absolute atomic E-state index is 9.25. The number of nitrogens with one attached hydrogen (secondary N) is 1. The molecular formula is C14H21NO. The molecule has 1 aromatic carbocycles. The molecule has 1 aliphatic rings. The maximum atomic E-state index is 9.25. The number of benzene rings is 1. The van der Waals surface area contributed by atoms with Crippen LogP contribution in [0.15, 0.2) is 24.3 Å². The zero-order valence-electron chi connectivity index (χ0n) is 10.1. The first-order valence-corrected chi connectivity index (χ1v) is 6.17. The Morgan fingerprint density at radius 1 is 1.44 bits per heavy atom. The van der Waals surface area contributed by atoms with Crippen LogP contribution in [0.25, 0.3) is 0 Å². The number of aliphatic hydroxyl groups is 1. The smallest absolute Gasteiger partial charge is 0.0524 e. The van der Waals surface area contributed by atoms with Gasteiger partial charge in [0.2, 0.25) is 0 Å². The van der Waals surface area contributed by atoms with Gasteiger partial charge in [0, 0.05) is 6.04 Å². The second-order valence-corrected chi connectivity index (χ2v) is 4.95. The van der Waals surface area contributed by atoms with Crippen molar-refractivity contribution in [2.45, 2.75) is 38.8 Å². The van der Waals surface area contributed by atoms with Crippen LogP contribution < -0.4 is 5.32 Å². The second-order valence-electron chi connectivity index (χ2n) is 4.95. The van der Waals surface area contributed by atoms with Gasteiger partial charge in [-0.1, -0.05) is 31.2 Å². The Morgan fingerprint density at radius 3 is 2.94 bits per heavy atom. The Kier molecular flexibility index (Phi) is 3.62. The van der Waals surface area contributed by atoms with Gasteiger partial charge in [0.05, 0.1) is 6.10 Å². The molecule has 16 heavy (non-hydrogen) atoms. The molecule has 3 unspecified atom stereocenters. The van der Waals surface area contributed by atoms with E-state index in [1.54, 1.807) is 0 Å². The molecule has 88 valence electrons. The van der Waals surface area contributed by atoms with E-state index in [0.29, 0.717) is 12.0 Å². The molecule has 3 atom stereocenters. The lowest BCUT2D eigenvalue weighted by Crippen LogP contribution is -2.26. The van der Waals surface area contributed by atoms with Crippen LogP contribution in [-0.2, 0) is 6.42 Å². The molecule has 0 aromatic heterocycles. The van der Waals surface area contributed by atoms with Gasteiger partial charge in [-0.2, -0.15) is 0 Å². The van der Waals surface area contributed by atoms with Crippen molar-refractivity contribution < 1.29 is 5.11 Å². The number of hydrogen-bond donors (Lipinski definition) is 2. The fourth-order valence-electron chi connectivity index (χ4n) is 2.55. The van der Waals surface area contributed by atoms with Crippen molar-refractivity contribution in [1.82, 2.24) is 5.32 Å². The molecule has 1 aromatic rings. The summed E-state index contributed by atoms with van der Waals surface area (Å²) in [7, 11) is 0. The Morgan fingerprint density at radius 2 is 2.19 bits per heavy atom. The van der Waals surface area contributed by atoms with Crippen LogP contribution in [0, 0.1) is 5.92 Å². The van der Waals surface area contributed by atoms with Crippen molar-refractivity contribution in [2.24, 2.45) is 5.92 Å². The highest BCUT2D eigenvalue weighted by Crippen LogP contribution is 2.35. The van der Waals surface area contributed by atoms with Crippen LogP contribution in [0.2, 0.25) is 0 Å². The lowest BCUT2D eigenvalue weighted by atomic mass is 10.0. The van der Waals surface area contributed by atoms with Crippen LogP contribution in [0.4, 0.5) is 0 Å². The van der Waals surface area contributed by atoms with Crippen molar-refractivity contribution in [3.8, 4) is 0 Å². The van der Waals surface area contributed by atoms with Gasteiger partial charge < -0.3 is 10.4 Å². The van der Waals surface area contributed by atoms with E-state index in [9.17, 15) is 5.11 Å². The molecule has 0 spiro atoms. The zero-order chi connectivity index (χ0) is 11.5. The summed E-state index contributed by atoms with van der Waals surface area (Å²) in [6.45, 7) is 5.02. The fraction of sp³-hybridized carbons (Fsp3) is 0.571. The van der Waals surface area contributed by atoms with E-state index in [0.717, 1.165) is 13.0 Å². The van der Waals surface area contributed by atoms with Gasteiger partial charge in [-0.3, -0.25) is 0 Å². The summed E-state index contributed by atoms with van der Waals surface area (Å²) >= 11 is 0. The minimum Gasteiger partial charge on any atom is -0.393 e. The maximum Gasteiger partial charge on any atom is 0.0524 e. The minimum atomic E-state index is -0.209. The Bertz CT molecular complexity index is 348. The topological polar surface area (TPSA) is 32.3 Å². The van der Waals surface area contributed by atoms with Crippen LogP contribution in [0.5, 0.6) is 0 Å². The quantitative estimate of drug-likeness (QED) is 0.814. The molecule has 0 heterocycles. The fourth-order valence-corrected chi connectivity index (χ4v) is 2.55. The van der Waals surface area contributed by atoms with Gasteiger partial charge in [-0.25, -0.2) is 0 Å². The SMILES string of the molecule is CC(O)CCNC1c2ccccc2CC1C. The first-order valence-electron chi connectivity index (χ1n) is 6.17. The number of fused-ring (bicyclic) bond motifs is 1. The number of aliphatic hydroxyl groups excluding tert-OH is 1. The average molecular weight is 219 g/mol. The molecular weight excluding hydrogens is 198 g/mol. The van der Waals surface area contributed by atoms with Crippen LogP contribution in [0.1, 0.15) is 37.4 Å². The summed E-state index contributed by atoms with van der Waals surface area (Å²) in [6.07, 6.45) is 1.79. The minimum absolute atomic E-state index is 0.209. The third-order valence-corrected chi connectivity index (χ3v) is 3.43. The molecule has 0 bridgehead atoms. The van der Waals surface area contributed by atoms with Crippen LogP contribution in [-0.4, -0.2) is 17.8 Å². The Hall–Kier alpha value is -0.860. The highest BCUT2D eigenvalue weighted by atomic mass is 16.3. The van der Waals surface area contributed by atoms with Crippen molar-refractivity contribution in [2.75, 3.05) is 6.54 Å². The molecule has 0 radical (unpaired) electrons. The van der Waals surface area contributed by atoms with Gasteiger partial charge in [0.25, 0.3) is 0 Å². The van der Waals surface area contributed by atoms with Gasteiger partial charge in [-0.05, 0) is 43.4 Å². The summed E-state index contributed by atoms with van der Waals surface area (Å²) in [4.78, 5) is 0. The first-order chi connectivity index (χ1) is 7.68. The van der Waals surface area contributed by atoms with Crippen molar-refractivity contribution in [3.05, 3.63) is 35.4 Å².